The molecule has 0 spiro atoms. The molecule has 0 aliphatic heterocycles. The van der Waals surface area contributed by atoms with Crippen LogP contribution in [0.15, 0.2) is 53.3 Å². The minimum Gasteiger partial charge on any atom is -0.322 e. The minimum absolute atomic E-state index is 0.0613. The molecule has 0 saturated heterocycles. The quantitative estimate of drug-likeness (QED) is 0.631. The van der Waals surface area contributed by atoms with Crippen molar-refractivity contribution in [3.05, 3.63) is 75.3 Å². The van der Waals surface area contributed by atoms with Gasteiger partial charge in [0.15, 0.2) is 0 Å². The van der Waals surface area contributed by atoms with Crippen LogP contribution in [0.3, 0.4) is 0 Å². The standard InChI is InChI=1S/C21H21ClFN3O2/c1-13(2)11-26(21(28)24-15-7-8-18(23)17(22)10-15)12-14-9-20(27)25-19-6-4-3-5-16(14)19/h3-10,13H,11-12H2,1-2H3,(H,24,28)(H,25,27). The van der Waals surface area contributed by atoms with Crippen molar-refractivity contribution in [2.75, 3.05) is 11.9 Å². The molecule has 3 aromatic rings. The molecule has 0 atom stereocenters. The predicted octanol–water partition coefficient (Wildman–Crippen LogP) is 5.01. The van der Waals surface area contributed by atoms with Gasteiger partial charge < -0.3 is 15.2 Å². The molecule has 3 rings (SSSR count). The summed E-state index contributed by atoms with van der Waals surface area (Å²) in [6.07, 6.45) is 0. The van der Waals surface area contributed by atoms with E-state index in [1.807, 2.05) is 38.1 Å². The molecular weight excluding hydrogens is 381 g/mol. The Hall–Kier alpha value is -2.86. The van der Waals surface area contributed by atoms with Gasteiger partial charge in [-0.25, -0.2) is 9.18 Å². The lowest BCUT2D eigenvalue weighted by molar-refractivity contribution is 0.202. The fraction of sp³-hybridized carbons (Fsp3) is 0.238. The molecule has 5 nitrogen and oxygen atoms in total. The Labute approximate surface area is 167 Å². The van der Waals surface area contributed by atoms with Gasteiger partial charge in [-0.3, -0.25) is 4.79 Å². The second-order valence-corrected chi connectivity index (χ2v) is 7.45. The Balaban J connectivity index is 1.89. The van der Waals surface area contributed by atoms with Gasteiger partial charge in [-0.2, -0.15) is 0 Å². The van der Waals surface area contributed by atoms with E-state index in [0.29, 0.717) is 12.2 Å². The number of urea groups is 1. The van der Waals surface area contributed by atoms with Crippen LogP contribution >= 0.6 is 11.6 Å². The first-order valence-electron chi connectivity index (χ1n) is 8.95. The summed E-state index contributed by atoms with van der Waals surface area (Å²) in [5, 5.41) is 3.57. The molecule has 1 heterocycles. The van der Waals surface area contributed by atoms with Crippen molar-refractivity contribution in [1.29, 1.82) is 0 Å². The van der Waals surface area contributed by atoms with Crippen molar-refractivity contribution in [3.63, 3.8) is 0 Å². The van der Waals surface area contributed by atoms with Gasteiger partial charge in [0.1, 0.15) is 5.82 Å². The number of benzene rings is 2. The molecule has 28 heavy (non-hydrogen) atoms. The number of carbonyl (C=O) groups is 1. The fourth-order valence-corrected chi connectivity index (χ4v) is 3.23. The van der Waals surface area contributed by atoms with Gasteiger partial charge in [-0.15, -0.1) is 0 Å². The fourth-order valence-electron chi connectivity index (χ4n) is 3.05. The molecule has 0 aliphatic rings. The highest BCUT2D eigenvalue weighted by Gasteiger charge is 2.18. The van der Waals surface area contributed by atoms with Crippen molar-refractivity contribution in [3.8, 4) is 0 Å². The van der Waals surface area contributed by atoms with Crippen LogP contribution in [0.5, 0.6) is 0 Å². The number of pyridine rings is 1. The van der Waals surface area contributed by atoms with Gasteiger partial charge in [0.05, 0.1) is 5.02 Å². The number of nitrogens with zero attached hydrogens (tertiary/aromatic N) is 1. The SMILES string of the molecule is CC(C)CN(Cc1cc(=O)[nH]c2ccccc12)C(=O)Nc1ccc(F)c(Cl)c1. The second kappa shape index (κ2) is 8.44. The van der Waals surface area contributed by atoms with E-state index in [1.54, 1.807) is 4.90 Å². The summed E-state index contributed by atoms with van der Waals surface area (Å²) in [6.45, 7) is 4.77. The van der Waals surface area contributed by atoms with E-state index in [4.69, 9.17) is 11.6 Å². The third kappa shape index (κ3) is 4.70. The maximum Gasteiger partial charge on any atom is 0.322 e. The number of amides is 2. The van der Waals surface area contributed by atoms with E-state index in [2.05, 4.69) is 10.3 Å². The molecule has 0 unspecified atom stereocenters. The van der Waals surface area contributed by atoms with Crippen molar-refractivity contribution < 1.29 is 9.18 Å². The molecule has 2 N–H and O–H groups in total. The van der Waals surface area contributed by atoms with Gasteiger partial charge >= 0.3 is 6.03 Å². The Morgan fingerprint density at radius 2 is 1.96 bits per heavy atom. The van der Waals surface area contributed by atoms with E-state index in [0.717, 1.165) is 16.5 Å². The number of hydrogen-bond acceptors (Lipinski definition) is 2. The smallest absolute Gasteiger partial charge is 0.322 e. The first-order chi connectivity index (χ1) is 13.3. The van der Waals surface area contributed by atoms with Crippen LogP contribution in [-0.2, 0) is 6.54 Å². The summed E-state index contributed by atoms with van der Waals surface area (Å²) in [7, 11) is 0. The molecule has 0 radical (unpaired) electrons. The van der Waals surface area contributed by atoms with Crippen LogP contribution in [0.4, 0.5) is 14.9 Å². The molecule has 1 aromatic heterocycles. The Bertz CT molecular complexity index is 1060. The molecule has 146 valence electrons. The maximum atomic E-state index is 13.4. The van der Waals surface area contributed by atoms with Crippen LogP contribution in [0.2, 0.25) is 5.02 Å². The maximum absolute atomic E-state index is 13.4. The number of halogens is 2. The number of fused-ring (bicyclic) bond motifs is 1. The molecule has 0 fully saturated rings. The van der Waals surface area contributed by atoms with Crippen molar-refractivity contribution in [2.24, 2.45) is 5.92 Å². The summed E-state index contributed by atoms with van der Waals surface area (Å²) < 4.78 is 13.4. The van der Waals surface area contributed by atoms with Gasteiger partial charge in [-0.05, 0) is 35.7 Å². The average molecular weight is 402 g/mol. The molecule has 2 amide bonds. The van der Waals surface area contributed by atoms with Crippen LogP contribution in [0.25, 0.3) is 10.9 Å². The monoisotopic (exact) mass is 401 g/mol. The van der Waals surface area contributed by atoms with E-state index in [9.17, 15) is 14.0 Å². The number of para-hydroxylation sites is 1. The molecule has 0 saturated carbocycles. The van der Waals surface area contributed by atoms with E-state index in [-0.39, 0.29) is 29.1 Å². The number of rotatable bonds is 5. The van der Waals surface area contributed by atoms with Crippen LogP contribution in [0, 0.1) is 11.7 Å². The molecule has 0 aliphatic carbocycles. The number of aromatic nitrogens is 1. The number of carbonyl (C=O) groups excluding carboxylic acids is 1. The summed E-state index contributed by atoms with van der Waals surface area (Å²) in [6, 6.07) is 12.7. The number of nitrogens with one attached hydrogen (secondary N) is 2. The largest absolute Gasteiger partial charge is 0.322 e. The number of aromatic amines is 1. The average Bonchev–Trinajstić information content (AvgIpc) is 2.63. The Morgan fingerprint density at radius 3 is 2.68 bits per heavy atom. The summed E-state index contributed by atoms with van der Waals surface area (Å²) in [4.78, 5) is 29.3. The number of hydrogen-bond donors (Lipinski definition) is 2. The zero-order chi connectivity index (χ0) is 20.3. The van der Waals surface area contributed by atoms with E-state index >= 15 is 0 Å². The lowest BCUT2D eigenvalue weighted by Crippen LogP contribution is -2.37. The van der Waals surface area contributed by atoms with Crippen LogP contribution in [-0.4, -0.2) is 22.5 Å². The minimum atomic E-state index is -0.548. The Morgan fingerprint density at radius 1 is 1.21 bits per heavy atom. The molecule has 0 bridgehead atoms. The zero-order valence-corrected chi connectivity index (χ0v) is 16.4. The van der Waals surface area contributed by atoms with E-state index < -0.39 is 5.82 Å². The summed E-state index contributed by atoms with van der Waals surface area (Å²) >= 11 is 5.80. The van der Waals surface area contributed by atoms with Gasteiger partial charge in [0.25, 0.3) is 0 Å². The van der Waals surface area contributed by atoms with Crippen LogP contribution < -0.4 is 10.9 Å². The highest BCUT2D eigenvalue weighted by molar-refractivity contribution is 6.31. The van der Waals surface area contributed by atoms with Gasteiger partial charge in [-0.1, -0.05) is 43.6 Å². The second-order valence-electron chi connectivity index (χ2n) is 7.04. The van der Waals surface area contributed by atoms with Gasteiger partial charge in [0, 0.05) is 35.7 Å². The lowest BCUT2D eigenvalue weighted by Gasteiger charge is -2.25. The van der Waals surface area contributed by atoms with Crippen molar-refractivity contribution >= 4 is 34.2 Å². The first kappa shape index (κ1) is 19.9. The third-order valence-electron chi connectivity index (χ3n) is 4.24. The van der Waals surface area contributed by atoms with Gasteiger partial charge in [0.2, 0.25) is 5.56 Å². The normalized spacial score (nSPS) is 11.0. The first-order valence-corrected chi connectivity index (χ1v) is 9.33. The summed E-state index contributed by atoms with van der Waals surface area (Å²) in [5.74, 6) is -0.329. The van der Waals surface area contributed by atoms with Crippen LogP contribution in [0.1, 0.15) is 19.4 Å². The molecule has 2 aromatic carbocycles. The summed E-state index contributed by atoms with van der Waals surface area (Å²) in [5.41, 5.74) is 1.66. The Kier molecular flexibility index (Phi) is 5.99. The number of anilines is 1. The predicted molar refractivity (Wildman–Crippen MR) is 110 cm³/mol. The zero-order valence-electron chi connectivity index (χ0n) is 15.6. The highest BCUT2D eigenvalue weighted by atomic mass is 35.5. The highest BCUT2D eigenvalue weighted by Crippen LogP contribution is 2.21. The van der Waals surface area contributed by atoms with Crippen molar-refractivity contribution in [2.45, 2.75) is 20.4 Å². The molecule has 7 heteroatoms. The third-order valence-corrected chi connectivity index (χ3v) is 4.53. The number of H-pyrrole nitrogens is 1. The molecular formula is C21H21ClFN3O2. The topological polar surface area (TPSA) is 65.2 Å². The van der Waals surface area contributed by atoms with E-state index in [1.165, 1.54) is 24.3 Å². The lowest BCUT2D eigenvalue weighted by atomic mass is 10.1. The van der Waals surface area contributed by atoms with Crippen molar-refractivity contribution in [1.82, 2.24) is 9.88 Å².